The Kier molecular flexibility index (Phi) is 3.12. The van der Waals surface area contributed by atoms with Gasteiger partial charge in [-0.25, -0.2) is 14.6 Å². The second kappa shape index (κ2) is 4.45. The fourth-order valence-electron chi connectivity index (χ4n) is 1.19. The van der Waals surface area contributed by atoms with E-state index >= 15 is 0 Å². The summed E-state index contributed by atoms with van der Waals surface area (Å²) >= 11 is 5.52. The van der Waals surface area contributed by atoms with Crippen molar-refractivity contribution in [3.63, 3.8) is 0 Å². The van der Waals surface area contributed by atoms with E-state index in [4.69, 9.17) is 16.3 Å². The van der Waals surface area contributed by atoms with Gasteiger partial charge in [0.2, 0.25) is 5.82 Å². The van der Waals surface area contributed by atoms with E-state index in [0.717, 1.165) is 4.68 Å². The van der Waals surface area contributed by atoms with Crippen LogP contribution in [-0.2, 0) is 6.18 Å². The minimum absolute atomic E-state index is 0.0920. The number of hydrogen-bond donors (Lipinski definition) is 0. The van der Waals surface area contributed by atoms with Crippen LogP contribution in [0.3, 0.4) is 0 Å². The van der Waals surface area contributed by atoms with E-state index in [1.807, 2.05) is 0 Å². The van der Waals surface area contributed by atoms with Crippen molar-refractivity contribution in [2.75, 3.05) is 7.11 Å². The summed E-state index contributed by atoms with van der Waals surface area (Å²) in [6.07, 6.45) is -1.96. The summed E-state index contributed by atoms with van der Waals surface area (Å²) in [7, 11) is 1.41. The smallest absolute Gasteiger partial charge is 0.451 e. The van der Waals surface area contributed by atoms with Crippen molar-refractivity contribution in [2.45, 2.75) is 6.18 Å². The Labute approximate surface area is 104 Å². The Hall–Kier alpha value is -1.83. The Bertz CT molecular complexity index is 569. The van der Waals surface area contributed by atoms with Crippen molar-refractivity contribution >= 4 is 11.6 Å². The van der Waals surface area contributed by atoms with E-state index in [1.165, 1.54) is 25.6 Å². The van der Waals surface area contributed by atoms with E-state index in [0.29, 0.717) is 5.75 Å². The number of alkyl halides is 3. The van der Waals surface area contributed by atoms with Crippen LogP contribution in [-0.4, -0.2) is 26.9 Å². The first kappa shape index (κ1) is 12.6. The predicted octanol–water partition coefficient (Wildman–Crippen LogP) is 2.34. The van der Waals surface area contributed by atoms with Gasteiger partial charge in [0.1, 0.15) is 5.15 Å². The average molecular weight is 279 g/mol. The Morgan fingerprint density at radius 3 is 2.61 bits per heavy atom. The summed E-state index contributed by atoms with van der Waals surface area (Å²) in [5.74, 6) is -1.02. The molecule has 0 fully saturated rings. The van der Waals surface area contributed by atoms with Gasteiger partial charge in [-0.15, -0.1) is 0 Å². The van der Waals surface area contributed by atoms with E-state index in [-0.39, 0.29) is 11.0 Å². The van der Waals surface area contributed by atoms with Crippen LogP contribution >= 0.6 is 11.6 Å². The third-order valence-electron chi connectivity index (χ3n) is 1.96. The largest absolute Gasteiger partial charge is 0.493 e. The second-order valence-corrected chi connectivity index (χ2v) is 3.58. The van der Waals surface area contributed by atoms with E-state index in [1.54, 1.807) is 0 Å². The minimum atomic E-state index is -4.67. The molecule has 0 bridgehead atoms. The van der Waals surface area contributed by atoms with Gasteiger partial charge >= 0.3 is 6.18 Å². The first-order valence-electron chi connectivity index (χ1n) is 4.61. The second-order valence-electron chi connectivity index (χ2n) is 3.19. The van der Waals surface area contributed by atoms with Crippen molar-refractivity contribution in [1.29, 1.82) is 0 Å². The van der Waals surface area contributed by atoms with Crippen LogP contribution in [0.2, 0.25) is 5.15 Å². The zero-order valence-corrected chi connectivity index (χ0v) is 9.70. The van der Waals surface area contributed by atoms with Crippen LogP contribution in [0.1, 0.15) is 5.82 Å². The van der Waals surface area contributed by atoms with Crippen LogP contribution in [0.15, 0.2) is 18.5 Å². The molecule has 0 radical (unpaired) electrons. The Morgan fingerprint density at radius 1 is 1.33 bits per heavy atom. The van der Waals surface area contributed by atoms with E-state index in [9.17, 15) is 13.2 Å². The van der Waals surface area contributed by atoms with Gasteiger partial charge in [0, 0.05) is 6.07 Å². The molecule has 0 atom stereocenters. The van der Waals surface area contributed by atoms with Crippen LogP contribution in [0.25, 0.3) is 5.82 Å². The number of rotatable bonds is 2. The third kappa shape index (κ3) is 2.53. The van der Waals surface area contributed by atoms with Crippen molar-refractivity contribution in [2.24, 2.45) is 0 Å². The average Bonchev–Trinajstić information content (AvgIpc) is 2.75. The molecular weight excluding hydrogens is 273 g/mol. The maximum absolute atomic E-state index is 12.5. The lowest BCUT2D eigenvalue weighted by molar-refractivity contribution is -0.145. The number of methoxy groups -OCH3 is 1. The fraction of sp³-hybridized carbons (Fsp3) is 0.222. The third-order valence-corrected chi connectivity index (χ3v) is 2.16. The quantitative estimate of drug-likeness (QED) is 0.791. The molecule has 0 saturated heterocycles. The standard InChI is InChI=1S/C9H6ClF3N4O/c1-18-5-3-14-17(4-5)7-2-6(10)15-8(16-7)9(11,12)13/h2-4H,1H3. The number of hydrogen-bond acceptors (Lipinski definition) is 4. The van der Waals surface area contributed by atoms with Gasteiger partial charge in [-0.3, -0.25) is 0 Å². The molecule has 2 rings (SSSR count). The summed E-state index contributed by atoms with van der Waals surface area (Å²) in [4.78, 5) is 6.46. The molecule has 5 nitrogen and oxygen atoms in total. The monoisotopic (exact) mass is 278 g/mol. The highest BCUT2D eigenvalue weighted by Gasteiger charge is 2.35. The van der Waals surface area contributed by atoms with E-state index in [2.05, 4.69) is 15.1 Å². The lowest BCUT2D eigenvalue weighted by atomic mass is 10.5. The number of aromatic nitrogens is 4. The van der Waals surface area contributed by atoms with Crippen LogP contribution in [0.5, 0.6) is 5.75 Å². The molecular formula is C9H6ClF3N4O. The Balaban J connectivity index is 2.48. The van der Waals surface area contributed by atoms with Gasteiger partial charge in [0.25, 0.3) is 0 Å². The molecule has 0 N–H and O–H groups in total. The van der Waals surface area contributed by atoms with Crippen molar-refractivity contribution < 1.29 is 17.9 Å². The maximum Gasteiger partial charge on any atom is 0.451 e. The summed E-state index contributed by atoms with van der Waals surface area (Å²) < 4.78 is 43.5. The molecule has 18 heavy (non-hydrogen) atoms. The summed E-state index contributed by atoms with van der Waals surface area (Å²) in [6.45, 7) is 0. The van der Waals surface area contributed by atoms with Crippen molar-refractivity contribution in [1.82, 2.24) is 19.7 Å². The zero-order valence-electron chi connectivity index (χ0n) is 8.94. The summed E-state index contributed by atoms with van der Waals surface area (Å²) in [6, 6.07) is 1.17. The molecule has 9 heteroatoms. The highest BCUT2D eigenvalue weighted by molar-refractivity contribution is 6.29. The summed E-state index contributed by atoms with van der Waals surface area (Å²) in [5.41, 5.74) is 0. The normalized spacial score (nSPS) is 11.6. The molecule has 0 aromatic carbocycles. The summed E-state index contributed by atoms with van der Waals surface area (Å²) in [5, 5.41) is 3.48. The predicted molar refractivity (Wildman–Crippen MR) is 55.7 cm³/mol. The molecule has 0 unspecified atom stereocenters. The molecule has 2 aromatic heterocycles. The maximum atomic E-state index is 12.5. The Morgan fingerprint density at radius 2 is 2.06 bits per heavy atom. The number of ether oxygens (including phenoxy) is 1. The van der Waals surface area contributed by atoms with Gasteiger partial charge in [-0.1, -0.05) is 11.6 Å². The SMILES string of the molecule is COc1cnn(-c2cc(Cl)nc(C(F)(F)F)n2)c1. The fourth-order valence-corrected chi connectivity index (χ4v) is 1.36. The zero-order chi connectivity index (χ0) is 13.3. The molecule has 0 aliphatic carbocycles. The van der Waals surface area contributed by atoms with Crippen molar-refractivity contribution in [3.8, 4) is 11.6 Å². The van der Waals surface area contributed by atoms with Gasteiger partial charge < -0.3 is 4.74 Å². The molecule has 0 amide bonds. The van der Waals surface area contributed by atoms with Crippen LogP contribution in [0.4, 0.5) is 13.2 Å². The van der Waals surface area contributed by atoms with Crippen LogP contribution < -0.4 is 4.74 Å². The molecule has 0 aliphatic heterocycles. The molecule has 2 heterocycles. The van der Waals surface area contributed by atoms with E-state index < -0.39 is 12.0 Å². The van der Waals surface area contributed by atoms with Gasteiger partial charge in [0.15, 0.2) is 11.6 Å². The van der Waals surface area contributed by atoms with Crippen LogP contribution in [0, 0.1) is 0 Å². The first-order valence-corrected chi connectivity index (χ1v) is 4.99. The van der Waals surface area contributed by atoms with Gasteiger partial charge in [-0.2, -0.15) is 18.3 Å². The highest BCUT2D eigenvalue weighted by Crippen LogP contribution is 2.28. The lowest BCUT2D eigenvalue weighted by Gasteiger charge is -2.07. The molecule has 0 saturated carbocycles. The first-order chi connectivity index (χ1) is 8.40. The topological polar surface area (TPSA) is 52.8 Å². The lowest BCUT2D eigenvalue weighted by Crippen LogP contribution is -2.13. The van der Waals surface area contributed by atoms with Gasteiger partial charge in [-0.05, 0) is 0 Å². The number of halogens is 4. The molecule has 0 aliphatic rings. The number of nitrogens with zero attached hydrogens (tertiary/aromatic N) is 4. The molecule has 2 aromatic rings. The molecule has 96 valence electrons. The molecule has 0 spiro atoms. The minimum Gasteiger partial charge on any atom is -0.493 e. The van der Waals surface area contributed by atoms with Crippen molar-refractivity contribution in [3.05, 3.63) is 29.4 Å². The highest BCUT2D eigenvalue weighted by atomic mass is 35.5. The van der Waals surface area contributed by atoms with Gasteiger partial charge in [0.05, 0.1) is 19.5 Å².